The average Bonchev–Trinajstić information content (AvgIpc) is 3.47. The molecular weight excluding hydrogens is 292 g/mol. The normalized spacial score (nSPS) is 13.9. The van der Waals surface area contributed by atoms with E-state index in [-0.39, 0.29) is 0 Å². The summed E-state index contributed by atoms with van der Waals surface area (Å²) in [6.45, 7) is 2.14. The van der Waals surface area contributed by atoms with Gasteiger partial charge in [0, 0.05) is 23.0 Å². The monoisotopic (exact) mass is 314 g/mol. The van der Waals surface area contributed by atoms with E-state index in [0.29, 0.717) is 0 Å². The average molecular weight is 314 g/mol. The molecule has 1 fully saturated rings. The molecule has 2 N–H and O–H groups in total. The van der Waals surface area contributed by atoms with Crippen LogP contribution in [-0.2, 0) is 6.42 Å². The Labute approximate surface area is 143 Å². The molecule has 0 radical (unpaired) electrons. The van der Waals surface area contributed by atoms with Gasteiger partial charge in [-0.25, -0.2) is 0 Å². The predicted octanol–water partition coefficient (Wildman–Crippen LogP) is 5.44. The molecule has 24 heavy (non-hydrogen) atoms. The van der Waals surface area contributed by atoms with E-state index in [1.54, 1.807) is 0 Å². The Balaban J connectivity index is 1.82. The van der Waals surface area contributed by atoms with Crippen LogP contribution in [0.15, 0.2) is 60.8 Å². The highest BCUT2D eigenvalue weighted by atomic mass is 14.7. The van der Waals surface area contributed by atoms with E-state index in [2.05, 4.69) is 49.4 Å². The second-order valence-corrected chi connectivity index (χ2v) is 6.57. The molecular formula is C22H22N2. The van der Waals surface area contributed by atoms with Crippen molar-refractivity contribution in [1.29, 1.82) is 0 Å². The van der Waals surface area contributed by atoms with Gasteiger partial charge >= 0.3 is 0 Å². The summed E-state index contributed by atoms with van der Waals surface area (Å²) in [5.41, 5.74) is 14.2. The summed E-state index contributed by atoms with van der Waals surface area (Å²) >= 11 is 0. The zero-order valence-corrected chi connectivity index (χ0v) is 14.0. The highest BCUT2D eigenvalue weighted by molar-refractivity contribution is 5.82. The van der Waals surface area contributed by atoms with E-state index in [1.807, 2.05) is 18.3 Å². The molecule has 0 unspecified atom stereocenters. The van der Waals surface area contributed by atoms with Gasteiger partial charge in [0.15, 0.2) is 0 Å². The van der Waals surface area contributed by atoms with Crippen LogP contribution in [0.3, 0.4) is 0 Å². The number of hydrogen-bond acceptors (Lipinski definition) is 2. The third-order valence-electron chi connectivity index (χ3n) is 4.85. The van der Waals surface area contributed by atoms with Crippen LogP contribution >= 0.6 is 0 Å². The lowest BCUT2D eigenvalue weighted by atomic mass is 9.95. The molecule has 2 nitrogen and oxygen atoms in total. The van der Waals surface area contributed by atoms with E-state index in [4.69, 9.17) is 10.7 Å². The van der Waals surface area contributed by atoms with E-state index in [1.165, 1.54) is 40.7 Å². The zero-order chi connectivity index (χ0) is 16.5. The molecule has 1 saturated carbocycles. The molecule has 1 aliphatic rings. The number of rotatable bonds is 4. The molecule has 1 aromatic heterocycles. The maximum Gasteiger partial charge on any atom is 0.0780 e. The van der Waals surface area contributed by atoms with Gasteiger partial charge in [-0.2, -0.15) is 0 Å². The van der Waals surface area contributed by atoms with Gasteiger partial charge in [-0.1, -0.05) is 37.3 Å². The quantitative estimate of drug-likeness (QED) is 0.651. The largest absolute Gasteiger partial charge is 0.399 e. The summed E-state index contributed by atoms with van der Waals surface area (Å²) in [6.07, 6.45) is 5.44. The van der Waals surface area contributed by atoms with Crippen LogP contribution in [0.2, 0.25) is 0 Å². The van der Waals surface area contributed by atoms with Gasteiger partial charge in [0.05, 0.1) is 5.69 Å². The lowest BCUT2D eigenvalue weighted by Gasteiger charge is -2.12. The topological polar surface area (TPSA) is 38.9 Å². The van der Waals surface area contributed by atoms with Gasteiger partial charge in [-0.3, -0.25) is 4.98 Å². The number of aromatic nitrogens is 1. The molecule has 0 aliphatic heterocycles. The van der Waals surface area contributed by atoms with Crippen molar-refractivity contribution in [2.75, 3.05) is 5.73 Å². The van der Waals surface area contributed by atoms with Gasteiger partial charge in [-0.05, 0) is 66.1 Å². The molecule has 0 spiro atoms. The first kappa shape index (κ1) is 14.9. The highest BCUT2D eigenvalue weighted by Crippen LogP contribution is 2.41. The van der Waals surface area contributed by atoms with Crippen molar-refractivity contribution in [2.45, 2.75) is 32.1 Å². The molecule has 2 heteroatoms. The van der Waals surface area contributed by atoms with Crippen molar-refractivity contribution in [2.24, 2.45) is 0 Å². The fourth-order valence-electron chi connectivity index (χ4n) is 3.30. The Morgan fingerprint density at radius 2 is 1.88 bits per heavy atom. The molecule has 0 saturated heterocycles. The fraction of sp³-hybridized carbons (Fsp3) is 0.227. The Hall–Kier alpha value is -2.61. The number of pyridine rings is 1. The van der Waals surface area contributed by atoms with Crippen LogP contribution in [0.5, 0.6) is 0 Å². The van der Waals surface area contributed by atoms with Gasteiger partial charge in [0.1, 0.15) is 0 Å². The van der Waals surface area contributed by atoms with Crippen LogP contribution < -0.4 is 5.73 Å². The summed E-state index contributed by atoms with van der Waals surface area (Å²) in [6, 6.07) is 19.3. The van der Waals surface area contributed by atoms with Crippen molar-refractivity contribution in [1.82, 2.24) is 4.98 Å². The second-order valence-electron chi connectivity index (χ2n) is 6.57. The van der Waals surface area contributed by atoms with Gasteiger partial charge in [-0.15, -0.1) is 0 Å². The Morgan fingerprint density at radius 1 is 1.00 bits per heavy atom. The smallest absolute Gasteiger partial charge is 0.0780 e. The third-order valence-corrected chi connectivity index (χ3v) is 4.85. The summed E-state index contributed by atoms with van der Waals surface area (Å²) in [5, 5.41) is 0. The fourth-order valence-corrected chi connectivity index (χ4v) is 3.30. The molecule has 0 amide bonds. The first-order valence-corrected chi connectivity index (χ1v) is 8.70. The number of aryl methyl sites for hydroxylation is 1. The van der Waals surface area contributed by atoms with E-state index in [9.17, 15) is 0 Å². The van der Waals surface area contributed by atoms with Crippen molar-refractivity contribution in [3.63, 3.8) is 0 Å². The maximum absolute atomic E-state index is 6.07. The number of nitrogen functional groups attached to an aromatic ring is 1. The number of nitrogens with zero attached hydrogens (tertiary/aromatic N) is 1. The molecule has 1 aliphatic carbocycles. The second kappa shape index (κ2) is 6.12. The van der Waals surface area contributed by atoms with E-state index in [0.717, 1.165) is 23.7 Å². The van der Waals surface area contributed by atoms with E-state index >= 15 is 0 Å². The Kier molecular flexibility index (Phi) is 3.81. The maximum atomic E-state index is 6.07. The van der Waals surface area contributed by atoms with Gasteiger partial charge in [0.25, 0.3) is 0 Å². The van der Waals surface area contributed by atoms with Crippen molar-refractivity contribution < 1.29 is 0 Å². The summed E-state index contributed by atoms with van der Waals surface area (Å²) in [7, 11) is 0. The zero-order valence-electron chi connectivity index (χ0n) is 14.0. The standard InChI is InChI=1S/C22H22N2/c1-2-15-13-18(10-11-21(15)23)20-7-4-12-24-22(20)19-6-3-5-17(14-19)16-8-9-16/h3-7,10-14,16H,2,8-9,23H2,1H3. The summed E-state index contributed by atoms with van der Waals surface area (Å²) < 4.78 is 0. The molecule has 1 heterocycles. The predicted molar refractivity (Wildman–Crippen MR) is 101 cm³/mol. The molecule has 0 bridgehead atoms. The first-order valence-electron chi connectivity index (χ1n) is 8.70. The molecule has 2 aromatic carbocycles. The lowest BCUT2D eigenvalue weighted by Crippen LogP contribution is -1.95. The number of nitrogens with two attached hydrogens (primary N) is 1. The van der Waals surface area contributed by atoms with Gasteiger partial charge in [0.2, 0.25) is 0 Å². The molecule has 4 rings (SSSR count). The molecule has 3 aromatic rings. The first-order chi connectivity index (χ1) is 11.8. The summed E-state index contributed by atoms with van der Waals surface area (Å²) in [5.74, 6) is 0.750. The minimum absolute atomic E-state index is 0.750. The van der Waals surface area contributed by atoms with Crippen LogP contribution in [0, 0.1) is 0 Å². The Morgan fingerprint density at radius 3 is 2.67 bits per heavy atom. The van der Waals surface area contributed by atoms with Gasteiger partial charge < -0.3 is 5.73 Å². The Bertz CT molecular complexity index is 879. The van der Waals surface area contributed by atoms with Crippen molar-refractivity contribution >= 4 is 5.69 Å². The number of hydrogen-bond donors (Lipinski definition) is 1. The SMILES string of the molecule is CCc1cc(-c2cccnc2-c2cccc(C3CC3)c2)ccc1N. The minimum Gasteiger partial charge on any atom is -0.399 e. The van der Waals surface area contributed by atoms with Crippen LogP contribution in [0.25, 0.3) is 22.4 Å². The lowest BCUT2D eigenvalue weighted by molar-refractivity contribution is 1.13. The third kappa shape index (κ3) is 2.80. The number of anilines is 1. The van der Waals surface area contributed by atoms with E-state index < -0.39 is 0 Å². The van der Waals surface area contributed by atoms with Crippen LogP contribution in [0.1, 0.15) is 36.8 Å². The summed E-state index contributed by atoms with van der Waals surface area (Å²) in [4.78, 5) is 4.69. The molecule has 0 atom stereocenters. The van der Waals surface area contributed by atoms with Crippen LogP contribution in [0.4, 0.5) is 5.69 Å². The van der Waals surface area contributed by atoms with Crippen LogP contribution in [-0.4, -0.2) is 4.98 Å². The minimum atomic E-state index is 0.750. The van der Waals surface area contributed by atoms with Crippen molar-refractivity contribution in [3.8, 4) is 22.4 Å². The molecule has 120 valence electrons. The number of benzene rings is 2. The van der Waals surface area contributed by atoms with Crippen molar-refractivity contribution in [3.05, 3.63) is 71.9 Å². The highest BCUT2D eigenvalue weighted by Gasteiger charge is 2.23.